The Balaban J connectivity index is 0.00000156. The average Bonchev–Trinajstić information content (AvgIpc) is 3.06. The number of hydrogen-bond acceptors (Lipinski definition) is 4. The summed E-state index contributed by atoms with van der Waals surface area (Å²) in [5.41, 5.74) is 8.79. The summed E-state index contributed by atoms with van der Waals surface area (Å²) in [5, 5.41) is 0. The maximum absolute atomic E-state index is 12.5. The van der Waals surface area contributed by atoms with Gasteiger partial charge in [0.25, 0.3) is 5.91 Å². The number of carbonyl (C=O) groups excluding carboxylic acids is 1. The molecular formula is C18H25Cl2N3O2. The van der Waals surface area contributed by atoms with Gasteiger partial charge in [0.05, 0.1) is 12.1 Å². The predicted octanol–water partition coefficient (Wildman–Crippen LogP) is 2.85. The molecule has 0 saturated carbocycles. The van der Waals surface area contributed by atoms with E-state index in [2.05, 4.69) is 36.1 Å². The second-order valence-corrected chi connectivity index (χ2v) is 6.00. The van der Waals surface area contributed by atoms with E-state index in [1.54, 1.807) is 6.07 Å². The van der Waals surface area contributed by atoms with E-state index in [-0.39, 0.29) is 30.7 Å². The average molecular weight is 386 g/mol. The summed E-state index contributed by atoms with van der Waals surface area (Å²) in [4.78, 5) is 16.7. The minimum atomic E-state index is 0. The van der Waals surface area contributed by atoms with E-state index in [1.807, 2.05) is 4.90 Å². The molecule has 3 rings (SSSR count). The van der Waals surface area contributed by atoms with Crippen LogP contribution in [0.4, 0.5) is 0 Å². The minimum absolute atomic E-state index is 0. The third-order valence-electron chi connectivity index (χ3n) is 4.42. The van der Waals surface area contributed by atoms with Crippen LogP contribution in [0.5, 0.6) is 0 Å². The molecule has 1 aliphatic rings. The standard InChI is InChI=1S/C18H23N3O2.2ClH/c1-14-4-2-3-5-15(14)12-20-6-8-21(9-7-20)18(22)16-10-17(11-19)23-13-16;;/h2-5,10,13H,6-9,11-12,19H2,1H3;2*1H. The summed E-state index contributed by atoms with van der Waals surface area (Å²) in [5.74, 6) is 0.676. The van der Waals surface area contributed by atoms with Crippen molar-refractivity contribution in [2.45, 2.75) is 20.0 Å². The molecule has 2 N–H and O–H groups in total. The van der Waals surface area contributed by atoms with Crippen molar-refractivity contribution in [3.63, 3.8) is 0 Å². The zero-order chi connectivity index (χ0) is 16.2. The number of aryl methyl sites for hydroxylation is 1. The van der Waals surface area contributed by atoms with E-state index in [9.17, 15) is 4.79 Å². The van der Waals surface area contributed by atoms with Gasteiger partial charge in [0.1, 0.15) is 12.0 Å². The number of piperazine rings is 1. The van der Waals surface area contributed by atoms with Gasteiger partial charge in [-0.15, -0.1) is 24.8 Å². The quantitative estimate of drug-likeness (QED) is 0.878. The molecule has 1 aromatic heterocycles. The Labute approximate surface area is 161 Å². The Morgan fingerprint density at radius 3 is 2.44 bits per heavy atom. The number of nitrogens with two attached hydrogens (primary N) is 1. The van der Waals surface area contributed by atoms with Crippen molar-refractivity contribution in [2.24, 2.45) is 5.73 Å². The first kappa shape index (κ1) is 21.5. The normalized spacial score (nSPS) is 14.6. The van der Waals surface area contributed by atoms with Gasteiger partial charge in [-0.3, -0.25) is 9.69 Å². The maximum Gasteiger partial charge on any atom is 0.257 e. The van der Waals surface area contributed by atoms with E-state index in [0.717, 1.165) is 32.7 Å². The molecule has 0 unspecified atom stereocenters. The van der Waals surface area contributed by atoms with Gasteiger partial charge in [0.15, 0.2) is 0 Å². The molecule has 1 aromatic carbocycles. The Bertz CT molecular complexity index is 682. The number of benzene rings is 1. The Kier molecular flexibility index (Phi) is 8.45. The molecule has 7 heteroatoms. The lowest BCUT2D eigenvalue weighted by molar-refractivity contribution is 0.0627. The summed E-state index contributed by atoms with van der Waals surface area (Å²) < 4.78 is 5.26. The first-order chi connectivity index (χ1) is 11.2. The zero-order valence-electron chi connectivity index (χ0n) is 14.3. The van der Waals surface area contributed by atoms with Gasteiger partial charge in [-0.05, 0) is 24.1 Å². The number of hydrogen-bond donors (Lipinski definition) is 1. The largest absolute Gasteiger partial charge is 0.467 e. The molecule has 2 heterocycles. The van der Waals surface area contributed by atoms with Crippen LogP contribution in [0.15, 0.2) is 41.0 Å². The minimum Gasteiger partial charge on any atom is -0.467 e. The van der Waals surface area contributed by atoms with Gasteiger partial charge >= 0.3 is 0 Å². The van der Waals surface area contributed by atoms with Crippen molar-refractivity contribution in [1.82, 2.24) is 9.80 Å². The maximum atomic E-state index is 12.5. The monoisotopic (exact) mass is 385 g/mol. The first-order valence-electron chi connectivity index (χ1n) is 8.01. The SMILES string of the molecule is Cc1ccccc1CN1CCN(C(=O)c2coc(CN)c2)CC1.Cl.Cl. The second kappa shape index (κ2) is 9.82. The summed E-state index contributed by atoms with van der Waals surface area (Å²) >= 11 is 0. The number of amides is 1. The molecule has 0 bridgehead atoms. The highest BCUT2D eigenvalue weighted by Crippen LogP contribution is 2.15. The van der Waals surface area contributed by atoms with Crippen LogP contribution in [0.25, 0.3) is 0 Å². The van der Waals surface area contributed by atoms with Gasteiger partial charge in [-0.25, -0.2) is 0 Å². The fourth-order valence-electron chi connectivity index (χ4n) is 2.92. The van der Waals surface area contributed by atoms with E-state index < -0.39 is 0 Å². The van der Waals surface area contributed by atoms with Crippen molar-refractivity contribution < 1.29 is 9.21 Å². The number of furan rings is 1. The Morgan fingerprint density at radius 1 is 1.16 bits per heavy atom. The third kappa shape index (κ3) is 5.22. The van der Waals surface area contributed by atoms with Crippen LogP contribution in [0.3, 0.4) is 0 Å². The van der Waals surface area contributed by atoms with Crippen LogP contribution in [-0.4, -0.2) is 41.9 Å². The molecular weight excluding hydrogens is 361 g/mol. The van der Waals surface area contributed by atoms with Crippen LogP contribution < -0.4 is 5.73 Å². The molecule has 5 nitrogen and oxygen atoms in total. The van der Waals surface area contributed by atoms with Gasteiger partial charge in [0.2, 0.25) is 0 Å². The highest BCUT2D eigenvalue weighted by Gasteiger charge is 2.23. The fourth-order valence-corrected chi connectivity index (χ4v) is 2.92. The van der Waals surface area contributed by atoms with Crippen LogP contribution >= 0.6 is 24.8 Å². The molecule has 1 amide bonds. The molecule has 2 aromatic rings. The van der Waals surface area contributed by atoms with E-state index in [4.69, 9.17) is 10.2 Å². The topological polar surface area (TPSA) is 62.7 Å². The van der Waals surface area contributed by atoms with Crippen molar-refractivity contribution >= 4 is 30.7 Å². The molecule has 0 radical (unpaired) electrons. The zero-order valence-corrected chi connectivity index (χ0v) is 15.9. The predicted molar refractivity (Wildman–Crippen MR) is 103 cm³/mol. The van der Waals surface area contributed by atoms with E-state index in [0.29, 0.717) is 17.9 Å². The first-order valence-corrected chi connectivity index (χ1v) is 8.01. The Hall–Kier alpha value is -1.53. The molecule has 0 aliphatic carbocycles. The van der Waals surface area contributed by atoms with Gasteiger partial charge in [0, 0.05) is 32.7 Å². The van der Waals surface area contributed by atoms with Crippen molar-refractivity contribution in [1.29, 1.82) is 0 Å². The molecule has 0 atom stereocenters. The summed E-state index contributed by atoms with van der Waals surface area (Å²) in [7, 11) is 0. The van der Waals surface area contributed by atoms with E-state index >= 15 is 0 Å². The van der Waals surface area contributed by atoms with Gasteiger partial charge < -0.3 is 15.1 Å². The van der Waals surface area contributed by atoms with Gasteiger partial charge in [-0.2, -0.15) is 0 Å². The number of carbonyl (C=O) groups is 1. The molecule has 1 saturated heterocycles. The lowest BCUT2D eigenvalue weighted by atomic mass is 10.1. The third-order valence-corrected chi connectivity index (χ3v) is 4.42. The molecule has 25 heavy (non-hydrogen) atoms. The number of rotatable bonds is 4. The second-order valence-electron chi connectivity index (χ2n) is 6.00. The van der Waals surface area contributed by atoms with Crippen LogP contribution in [0.2, 0.25) is 0 Å². The van der Waals surface area contributed by atoms with Crippen molar-refractivity contribution in [3.8, 4) is 0 Å². The molecule has 138 valence electrons. The number of halogens is 2. The van der Waals surface area contributed by atoms with Crippen molar-refractivity contribution in [2.75, 3.05) is 26.2 Å². The highest BCUT2D eigenvalue weighted by atomic mass is 35.5. The fraction of sp³-hybridized carbons (Fsp3) is 0.389. The van der Waals surface area contributed by atoms with E-state index in [1.165, 1.54) is 17.4 Å². The van der Waals surface area contributed by atoms with Crippen LogP contribution in [0, 0.1) is 6.92 Å². The summed E-state index contributed by atoms with van der Waals surface area (Å²) in [6, 6.07) is 10.2. The molecule has 1 aliphatic heterocycles. The highest BCUT2D eigenvalue weighted by molar-refractivity contribution is 5.94. The smallest absolute Gasteiger partial charge is 0.257 e. The van der Waals surface area contributed by atoms with Crippen LogP contribution in [0.1, 0.15) is 27.2 Å². The summed E-state index contributed by atoms with van der Waals surface area (Å²) in [6.07, 6.45) is 1.50. The molecule has 1 fully saturated rings. The van der Waals surface area contributed by atoms with Gasteiger partial charge in [-0.1, -0.05) is 24.3 Å². The van der Waals surface area contributed by atoms with Crippen molar-refractivity contribution in [3.05, 3.63) is 59.0 Å². The lowest BCUT2D eigenvalue weighted by Gasteiger charge is -2.34. The lowest BCUT2D eigenvalue weighted by Crippen LogP contribution is -2.48. The molecule has 0 spiro atoms. The summed E-state index contributed by atoms with van der Waals surface area (Å²) in [6.45, 7) is 6.67. The Morgan fingerprint density at radius 2 is 1.84 bits per heavy atom. The van der Waals surface area contributed by atoms with Crippen LogP contribution in [-0.2, 0) is 13.1 Å². The number of nitrogens with zero attached hydrogens (tertiary/aromatic N) is 2.